The van der Waals surface area contributed by atoms with Crippen LogP contribution in [0.4, 0.5) is 4.39 Å². The van der Waals surface area contributed by atoms with Gasteiger partial charge in [0.15, 0.2) is 14.0 Å². The van der Waals surface area contributed by atoms with Crippen molar-refractivity contribution >= 4 is 45.3 Å². The second kappa shape index (κ2) is 11.5. The Kier molecular flexibility index (Phi) is 8.27. The van der Waals surface area contributed by atoms with Crippen LogP contribution < -0.4 is 0 Å². The molecule has 0 aliphatic carbocycles. The minimum Gasteiger partial charge on any atom is -0.417 e. The van der Waals surface area contributed by atoms with Crippen molar-refractivity contribution in [3.8, 4) is 22.5 Å². The maximum Gasteiger partial charge on any atom is 0.270 e. The summed E-state index contributed by atoms with van der Waals surface area (Å²) < 4.78 is 48.8. The van der Waals surface area contributed by atoms with Crippen LogP contribution in [0, 0.1) is 5.82 Å². The average Bonchev–Trinajstić information content (AvgIpc) is 3.52. The highest BCUT2D eigenvalue weighted by molar-refractivity contribution is 9.10. The normalized spacial score (nSPS) is 12.7. The summed E-state index contributed by atoms with van der Waals surface area (Å²) in [5.74, 6) is -0.353. The third-order valence-corrected chi connectivity index (χ3v) is 14.8. The van der Waals surface area contributed by atoms with Gasteiger partial charge in [0, 0.05) is 29.3 Å². The summed E-state index contributed by atoms with van der Waals surface area (Å²) in [5.41, 5.74) is 2.70. The van der Waals surface area contributed by atoms with Crippen LogP contribution >= 0.6 is 15.9 Å². The molecular weight excluding hydrogens is 637 g/mol. The van der Waals surface area contributed by atoms with Crippen molar-refractivity contribution in [1.29, 1.82) is 0 Å². The molecule has 0 bridgehead atoms. The van der Waals surface area contributed by atoms with Crippen LogP contribution in [0.1, 0.15) is 27.2 Å². The van der Waals surface area contributed by atoms with Gasteiger partial charge in [-0.15, -0.1) is 0 Å². The topological polar surface area (TPSA) is 91.9 Å². The lowest BCUT2D eigenvalue weighted by atomic mass is 10.0. The van der Waals surface area contributed by atoms with Crippen LogP contribution in [0.5, 0.6) is 0 Å². The summed E-state index contributed by atoms with van der Waals surface area (Å²) in [6, 6.07) is 17.8. The molecule has 2 aromatic carbocycles. The van der Waals surface area contributed by atoms with Gasteiger partial charge in [-0.05, 0) is 89.0 Å². The summed E-state index contributed by atoms with van der Waals surface area (Å²) in [6.45, 7) is 12.2. The Morgan fingerprint density at radius 2 is 1.64 bits per heavy atom. The number of fused-ring (bicyclic) bond motifs is 1. The van der Waals surface area contributed by atoms with Gasteiger partial charge >= 0.3 is 0 Å². The van der Waals surface area contributed by atoms with Gasteiger partial charge in [-0.2, -0.15) is 15.0 Å². The van der Waals surface area contributed by atoms with Crippen molar-refractivity contribution in [2.24, 2.45) is 0 Å². The van der Waals surface area contributed by atoms with Crippen molar-refractivity contribution < 1.29 is 17.2 Å². The van der Waals surface area contributed by atoms with E-state index in [9.17, 15) is 12.8 Å². The molecule has 0 aliphatic rings. The van der Waals surface area contributed by atoms with E-state index in [0.29, 0.717) is 52.1 Å². The second-order valence-corrected chi connectivity index (χ2v) is 19.0. The fraction of sp³-hybridized carbons (Fsp3) is 0.300. The first-order chi connectivity index (χ1) is 19.8. The van der Waals surface area contributed by atoms with Crippen LogP contribution in [0.25, 0.3) is 33.5 Å². The number of hydrogen-bond acceptors (Lipinski definition) is 6. The molecular formula is C30H33BrFN5O3SSi. The number of benzene rings is 2. The first kappa shape index (κ1) is 30.3. The zero-order chi connectivity index (χ0) is 30.3. The van der Waals surface area contributed by atoms with Crippen molar-refractivity contribution in [3.63, 3.8) is 0 Å². The van der Waals surface area contributed by atoms with Gasteiger partial charge in [0.25, 0.3) is 10.0 Å². The van der Waals surface area contributed by atoms with E-state index >= 15 is 0 Å². The van der Waals surface area contributed by atoms with E-state index in [1.807, 2.05) is 0 Å². The Morgan fingerprint density at radius 3 is 2.31 bits per heavy atom. The van der Waals surface area contributed by atoms with E-state index < -0.39 is 18.3 Å². The van der Waals surface area contributed by atoms with Crippen LogP contribution in [-0.2, 0) is 21.0 Å². The van der Waals surface area contributed by atoms with Gasteiger partial charge in [0.2, 0.25) is 0 Å². The Morgan fingerprint density at radius 1 is 0.976 bits per heavy atom. The lowest BCUT2D eigenvalue weighted by Crippen LogP contribution is -2.41. The quantitative estimate of drug-likeness (QED) is 0.119. The molecule has 42 heavy (non-hydrogen) atoms. The third kappa shape index (κ3) is 5.85. The zero-order valence-corrected chi connectivity index (χ0v) is 27.6. The molecule has 0 unspecified atom stereocenters. The molecule has 0 radical (unpaired) electrons. The van der Waals surface area contributed by atoms with E-state index in [1.165, 1.54) is 16.1 Å². The minimum absolute atomic E-state index is 0.116. The van der Waals surface area contributed by atoms with E-state index in [4.69, 9.17) is 14.6 Å². The largest absolute Gasteiger partial charge is 0.417 e. The molecule has 0 amide bonds. The summed E-state index contributed by atoms with van der Waals surface area (Å²) in [4.78, 5) is 6.21. The lowest BCUT2D eigenvalue weighted by molar-refractivity contribution is 0.269. The number of rotatable bonds is 9. The predicted octanol–water partition coefficient (Wildman–Crippen LogP) is 7.51. The molecule has 12 heteroatoms. The summed E-state index contributed by atoms with van der Waals surface area (Å²) in [6.07, 6.45) is 2.27. The van der Waals surface area contributed by atoms with E-state index in [1.54, 1.807) is 65.6 Å². The standard InChI is InChI=1S/C30H33BrFN5O3SSi/c1-30(2,3)42(4,5)40-19-9-18-36-34-27(21-12-14-22(32)15-13-21)28(35-36)24-16-17-33-29-25(24)20-26(31)37(29)41(38,39)23-10-7-6-8-11-23/h6-8,10-17,20H,9,18-19H2,1-5H3. The highest BCUT2D eigenvalue weighted by Crippen LogP contribution is 2.38. The smallest absolute Gasteiger partial charge is 0.270 e. The zero-order valence-electron chi connectivity index (χ0n) is 24.2. The van der Waals surface area contributed by atoms with Crippen molar-refractivity contribution in [2.45, 2.75) is 56.8 Å². The minimum atomic E-state index is -3.94. The van der Waals surface area contributed by atoms with Crippen molar-refractivity contribution in [1.82, 2.24) is 24.0 Å². The van der Waals surface area contributed by atoms with E-state index in [2.05, 4.69) is 54.8 Å². The molecule has 220 valence electrons. The molecule has 0 saturated heterocycles. The Balaban J connectivity index is 1.56. The predicted molar refractivity (Wildman–Crippen MR) is 169 cm³/mol. The number of halogens is 2. The number of nitrogens with zero attached hydrogens (tertiary/aromatic N) is 5. The summed E-state index contributed by atoms with van der Waals surface area (Å²) in [5, 5.41) is 10.3. The molecule has 5 aromatic rings. The SMILES string of the molecule is CC(C)(C)[Si](C)(C)OCCCn1nc(-c2ccc(F)cc2)c(-c2ccnc3c2cc(Br)n3S(=O)(=O)c2ccccc2)n1. The number of aromatic nitrogens is 5. The highest BCUT2D eigenvalue weighted by atomic mass is 79.9. The summed E-state index contributed by atoms with van der Waals surface area (Å²) in [7, 11) is -5.82. The maximum absolute atomic E-state index is 13.8. The molecule has 0 N–H and O–H groups in total. The number of hydrogen-bond donors (Lipinski definition) is 0. The molecule has 5 rings (SSSR count). The number of aryl methyl sites for hydroxylation is 1. The first-order valence-electron chi connectivity index (χ1n) is 13.6. The Hall–Kier alpha value is -3.19. The fourth-order valence-corrected chi connectivity index (χ4v) is 7.78. The van der Waals surface area contributed by atoms with E-state index in [-0.39, 0.29) is 21.4 Å². The Bertz CT molecular complexity index is 1830. The average molecular weight is 671 g/mol. The molecule has 0 saturated carbocycles. The molecule has 3 aromatic heterocycles. The summed E-state index contributed by atoms with van der Waals surface area (Å²) >= 11 is 3.45. The van der Waals surface area contributed by atoms with E-state index in [0.717, 1.165) is 0 Å². The van der Waals surface area contributed by atoms with Crippen LogP contribution in [0.15, 0.2) is 82.4 Å². The maximum atomic E-state index is 13.8. The van der Waals surface area contributed by atoms with Gasteiger partial charge in [0.05, 0.1) is 11.4 Å². The van der Waals surface area contributed by atoms with Gasteiger partial charge < -0.3 is 4.43 Å². The monoisotopic (exact) mass is 669 g/mol. The van der Waals surface area contributed by atoms with Crippen molar-refractivity contribution in [2.75, 3.05) is 6.61 Å². The molecule has 0 fully saturated rings. The van der Waals surface area contributed by atoms with Gasteiger partial charge in [0.1, 0.15) is 21.8 Å². The van der Waals surface area contributed by atoms with Crippen LogP contribution in [-0.4, -0.2) is 47.3 Å². The molecule has 0 spiro atoms. The fourth-order valence-electron chi connectivity index (χ4n) is 4.36. The molecule has 3 heterocycles. The van der Waals surface area contributed by atoms with Crippen LogP contribution in [0.2, 0.25) is 18.1 Å². The number of pyridine rings is 1. The van der Waals surface area contributed by atoms with Gasteiger partial charge in [-0.25, -0.2) is 21.8 Å². The molecule has 8 nitrogen and oxygen atoms in total. The highest BCUT2D eigenvalue weighted by Gasteiger charge is 2.36. The first-order valence-corrected chi connectivity index (χ1v) is 18.8. The Labute approximate surface area is 254 Å². The van der Waals surface area contributed by atoms with Crippen LogP contribution in [0.3, 0.4) is 0 Å². The molecule has 0 aliphatic heterocycles. The van der Waals surface area contributed by atoms with Gasteiger partial charge in [-0.1, -0.05) is 39.0 Å². The third-order valence-electron chi connectivity index (χ3n) is 7.70. The van der Waals surface area contributed by atoms with Crippen molar-refractivity contribution in [3.05, 3.63) is 83.3 Å². The lowest BCUT2D eigenvalue weighted by Gasteiger charge is -2.36. The molecule has 0 atom stereocenters. The second-order valence-electron chi connectivity index (χ2n) is 11.6. The van der Waals surface area contributed by atoms with Gasteiger partial charge in [-0.3, -0.25) is 0 Å².